The number of aliphatic hydroxyl groups excluding tert-OH is 1. The fraction of sp³-hybridized carbons (Fsp3) is 0.857. The van der Waals surface area contributed by atoms with E-state index in [1.54, 1.807) is 0 Å². The molecule has 0 aromatic carbocycles. The average molecular weight is 344 g/mol. The van der Waals surface area contributed by atoms with Crippen molar-refractivity contribution in [2.24, 2.45) is 28.6 Å². The molecule has 7 unspecified atom stereocenters. The fourth-order valence-electron chi connectivity index (χ4n) is 8.42. The number of hydrogen-bond acceptors (Lipinski definition) is 4. The lowest BCUT2D eigenvalue weighted by molar-refractivity contribution is -0.306. The van der Waals surface area contributed by atoms with Gasteiger partial charge in [0.2, 0.25) is 5.79 Å². The zero-order chi connectivity index (χ0) is 17.2. The Bertz CT molecular complexity index is 715. The smallest absolute Gasteiger partial charge is 0.318 e. The van der Waals surface area contributed by atoms with E-state index in [0.717, 1.165) is 51.4 Å². The van der Waals surface area contributed by atoms with Gasteiger partial charge in [0.15, 0.2) is 0 Å². The lowest BCUT2D eigenvalue weighted by Gasteiger charge is -2.60. The molecule has 4 aliphatic carbocycles. The molecule has 0 radical (unpaired) electrons. The van der Waals surface area contributed by atoms with Gasteiger partial charge in [0.25, 0.3) is 0 Å². The second-order valence-electron chi connectivity index (χ2n) is 9.99. The van der Waals surface area contributed by atoms with Crippen LogP contribution >= 0.6 is 0 Å². The molecule has 6 aliphatic rings. The van der Waals surface area contributed by atoms with Gasteiger partial charge >= 0.3 is 5.97 Å². The minimum Gasteiger partial charge on any atom is -0.432 e. The van der Waals surface area contributed by atoms with Gasteiger partial charge in [-0.05, 0) is 68.6 Å². The minimum atomic E-state index is -0.683. The largest absolute Gasteiger partial charge is 0.432 e. The first-order chi connectivity index (χ1) is 11.9. The molecule has 2 saturated heterocycles. The quantitative estimate of drug-likeness (QED) is 0.541. The molecule has 4 heteroatoms. The maximum atomic E-state index is 13.0. The van der Waals surface area contributed by atoms with E-state index in [-0.39, 0.29) is 34.4 Å². The summed E-state index contributed by atoms with van der Waals surface area (Å²) in [5.41, 5.74) is 0.961. The Morgan fingerprint density at radius 1 is 1.12 bits per heavy atom. The first kappa shape index (κ1) is 15.2. The normalized spacial score (nSPS) is 61.2. The van der Waals surface area contributed by atoms with Crippen LogP contribution in [0.3, 0.4) is 0 Å². The molecule has 5 fully saturated rings. The van der Waals surface area contributed by atoms with Crippen LogP contribution in [0.5, 0.6) is 0 Å². The molecule has 2 heterocycles. The summed E-state index contributed by atoms with van der Waals surface area (Å²) >= 11 is 0. The van der Waals surface area contributed by atoms with E-state index in [2.05, 4.69) is 13.0 Å². The standard InChI is InChI=1S/C21H28O4/c1-18-8-5-13(22)11-12(18)3-4-15-14(18)6-9-20-16-7-10-21(15,20)25-19(16,2)24-17(20)23/h3,13-16,22H,4-11H2,1-2H3/t13-,14?,15?,16?,18?,19?,20?,21?/m0/s1. The van der Waals surface area contributed by atoms with Gasteiger partial charge in [0, 0.05) is 12.8 Å². The van der Waals surface area contributed by atoms with Crippen LogP contribution in [0.1, 0.15) is 65.2 Å². The number of carbonyl (C=O) groups excluding carboxylic acids is 1. The van der Waals surface area contributed by atoms with E-state index in [9.17, 15) is 9.90 Å². The average Bonchev–Trinajstić information content (AvgIpc) is 3.09. The number of esters is 1. The summed E-state index contributed by atoms with van der Waals surface area (Å²) in [5.74, 6) is 0.587. The Hall–Kier alpha value is -0.870. The third-order valence-corrected chi connectivity index (χ3v) is 9.39. The van der Waals surface area contributed by atoms with Gasteiger partial charge in [0.1, 0.15) is 5.41 Å². The van der Waals surface area contributed by atoms with Gasteiger partial charge in [-0.1, -0.05) is 18.6 Å². The molecule has 4 nitrogen and oxygen atoms in total. The summed E-state index contributed by atoms with van der Waals surface area (Å²) in [7, 11) is 0. The molecule has 25 heavy (non-hydrogen) atoms. The number of carbonyl (C=O) groups is 1. The zero-order valence-electron chi connectivity index (χ0n) is 15.2. The van der Waals surface area contributed by atoms with Gasteiger partial charge in [-0.15, -0.1) is 0 Å². The van der Waals surface area contributed by atoms with Crippen LogP contribution < -0.4 is 0 Å². The van der Waals surface area contributed by atoms with Crippen molar-refractivity contribution >= 4 is 5.97 Å². The number of allylic oxidation sites excluding steroid dienone is 1. The van der Waals surface area contributed by atoms with E-state index in [0.29, 0.717) is 11.8 Å². The number of hydrogen-bond donors (Lipinski definition) is 1. The van der Waals surface area contributed by atoms with Gasteiger partial charge in [-0.3, -0.25) is 4.79 Å². The van der Waals surface area contributed by atoms with Crippen LogP contribution in [0.25, 0.3) is 0 Å². The lowest BCUT2D eigenvalue weighted by Crippen LogP contribution is -2.64. The topological polar surface area (TPSA) is 55.8 Å². The number of rotatable bonds is 0. The summed E-state index contributed by atoms with van der Waals surface area (Å²) < 4.78 is 12.4. The van der Waals surface area contributed by atoms with Crippen LogP contribution in [0.4, 0.5) is 0 Å². The first-order valence-corrected chi connectivity index (χ1v) is 10.2. The van der Waals surface area contributed by atoms with Crippen molar-refractivity contribution in [3.8, 4) is 0 Å². The number of ether oxygens (including phenoxy) is 2. The molecule has 3 saturated carbocycles. The van der Waals surface area contributed by atoms with Gasteiger partial charge in [-0.2, -0.15) is 0 Å². The number of fused-ring (bicyclic) bond motifs is 3. The highest BCUT2D eigenvalue weighted by molar-refractivity contribution is 5.84. The van der Waals surface area contributed by atoms with E-state index in [4.69, 9.17) is 9.47 Å². The highest BCUT2D eigenvalue weighted by atomic mass is 16.8. The van der Waals surface area contributed by atoms with E-state index >= 15 is 0 Å². The second kappa shape index (κ2) is 4.17. The van der Waals surface area contributed by atoms with Crippen molar-refractivity contribution in [2.45, 2.75) is 82.7 Å². The van der Waals surface area contributed by atoms with E-state index in [1.807, 2.05) is 6.92 Å². The van der Waals surface area contributed by atoms with Gasteiger partial charge in [0.05, 0.1) is 11.7 Å². The molecule has 1 spiro atoms. The van der Waals surface area contributed by atoms with Crippen molar-refractivity contribution in [1.29, 1.82) is 0 Å². The zero-order valence-corrected chi connectivity index (χ0v) is 15.2. The van der Waals surface area contributed by atoms with E-state index in [1.165, 1.54) is 5.57 Å². The van der Waals surface area contributed by atoms with Crippen LogP contribution in [0.2, 0.25) is 0 Å². The highest BCUT2D eigenvalue weighted by Crippen LogP contribution is 2.78. The van der Waals surface area contributed by atoms with E-state index < -0.39 is 5.79 Å². The molecule has 0 aromatic heterocycles. The van der Waals surface area contributed by atoms with Crippen molar-refractivity contribution in [3.05, 3.63) is 11.6 Å². The maximum Gasteiger partial charge on any atom is 0.318 e. The Balaban J connectivity index is 1.48. The summed E-state index contributed by atoms with van der Waals surface area (Å²) in [4.78, 5) is 13.0. The van der Waals surface area contributed by atoms with Crippen molar-refractivity contribution in [1.82, 2.24) is 0 Å². The Labute approximate surface area is 148 Å². The van der Waals surface area contributed by atoms with Crippen LogP contribution in [0.15, 0.2) is 11.6 Å². The van der Waals surface area contributed by atoms with Crippen LogP contribution in [-0.2, 0) is 14.3 Å². The first-order valence-electron chi connectivity index (χ1n) is 10.2. The Morgan fingerprint density at radius 2 is 1.96 bits per heavy atom. The predicted molar refractivity (Wildman–Crippen MR) is 90.3 cm³/mol. The van der Waals surface area contributed by atoms with Crippen molar-refractivity contribution in [3.63, 3.8) is 0 Å². The van der Waals surface area contributed by atoms with Crippen molar-refractivity contribution < 1.29 is 19.4 Å². The molecular formula is C21H28O4. The third-order valence-electron chi connectivity index (χ3n) is 9.39. The predicted octanol–water partition coefficient (Wildman–Crippen LogP) is 3.33. The molecular weight excluding hydrogens is 316 g/mol. The summed E-state index contributed by atoms with van der Waals surface area (Å²) in [6.45, 7) is 4.41. The van der Waals surface area contributed by atoms with Gasteiger partial charge < -0.3 is 14.6 Å². The molecule has 0 amide bonds. The Kier molecular flexibility index (Phi) is 2.54. The van der Waals surface area contributed by atoms with Gasteiger partial charge in [-0.25, -0.2) is 0 Å². The second-order valence-corrected chi connectivity index (χ2v) is 9.99. The lowest BCUT2D eigenvalue weighted by atomic mass is 9.46. The van der Waals surface area contributed by atoms with Crippen molar-refractivity contribution in [2.75, 3.05) is 0 Å². The minimum absolute atomic E-state index is 0.0289. The van der Waals surface area contributed by atoms with Crippen LogP contribution in [-0.4, -0.2) is 28.6 Å². The molecule has 136 valence electrons. The Morgan fingerprint density at radius 3 is 2.80 bits per heavy atom. The summed E-state index contributed by atoms with van der Waals surface area (Å²) in [5, 5.41) is 10.1. The van der Waals surface area contributed by atoms with Crippen LogP contribution in [0, 0.1) is 28.6 Å². The number of aliphatic hydroxyl groups is 1. The SMILES string of the molecule is CC12OC(=O)C34CCC5C(CC=C6C[C@@H](O)CCC65C)C3(CCC14)O2. The molecule has 0 aromatic rings. The highest BCUT2D eigenvalue weighted by Gasteiger charge is 2.86. The molecule has 8 atom stereocenters. The molecule has 4 bridgehead atoms. The summed E-state index contributed by atoms with van der Waals surface area (Å²) in [6, 6.07) is 0. The molecule has 6 rings (SSSR count). The third kappa shape index (κ3) is 1.39. The molecule has 1 N–H and O–H groups in total. The maximum absolute atomic E-state index is 13.0. The monoisotopic (exact) mass is 344 g/mol. The fourth-order valence-corrected chi connectivity index (χ4v) is 8.42. The molecule has 2 aliphatic heterocycles. The summed E-state index contributed by atoms with van der Waals surface area (Å²) in [6.07, 6.45) is 10.1.